The normalized spacial score (nSPS) is 24.3. The highest BCUT2D eigenvalue weighted by Gasteiger charge is 2.33. The van der Waals surface area contributed by atoms with Gasteiger partial charge in [0.2, 0.25) is 10.0 Å². The average Bonchev–Trinajstić information content (AvgIpc) is 2.75. The van der Waals surface area contributed by atoms with Crippen LogP contribution in [0.15, 0.2) is 33.6 Å². The summed E-state index contributed by atoms with van der Waals surface area (Å²) >= 11 is 3.24. The van der Waals surface area contributed by atoms with Crippen LogP contribution in [0, 0.1) is 0 Å². The number of aliphatic hydroxyl groups is 1. The Morgan fingerprint density at radius 1 is 1.39 bits per heavy atom. The Hall–Kier alpha value is -0.470. The molecule has 0 aliphatic carbocycles. The molecule has 2 rings (SSSR count). The van der Waals surface area contributed by atoms with E-state index in [2.05, 4.69) is 20.7 Å². The Morgan fingerprint density at radius 2 is 2.06 bits per heavy atom. The van der Waals surface area contributed by atoms with Crippen molar-refractivity contribution in [2.75, 3.05) is 19.8 Å². The van der Waals surface area contributed by atoms with Crippen LogP contribution in [0.5, 0.6) is 0 Å². The van der Waals surface area contributed by atoms with Crippen LogP contribution in [-0.4, -0.2) is 38.9 Å². The maximum atomic E-state index is 12.0. The maximum Gasteiger partial charge on any atom is 0.240 e. The van der Waals surface area contributed by atoms with E-state index in [9.17, 15) is 13.5 Å². The van der Waals surface area contributed by atoms with Gasteiger partial charge in [0.1, 0.15) is 5.60 Å². The van der Waals surface area contributed by atoms with E-state index in [4.69, 9.17) is 4.74 Å². The van der Waals surface area contributed by atoms with E-state index >= 15 is 0 Å². The second kappa shape index (κ2) is 5.26. The zero-order valence-corrected chi connectivity index (χ0v) is 12.0. The SMILES string of the molecule is O=S(=O)(NCC1(O)CCOC1)c1ccc(Br)cc1. The van der Waals surface area contributed by atoms with Crippen LogP contribution in [0.4, 0.5) is 0 Å². The van der Waals surface area contributed by atoms with Gasteiger partial charge in [-0.1, -0.05) is 15.9 Å². The summed E-state index contributed by atoms with van der Waals surface area (Å²) in [6.07, 6.45) is 0.440. The summed E-state index contributed by atoms with van der Waals surface area (Å²) in [6, 6.07) is 6.31. The van der Waals surface area contributed by atoms with Gasteiger partial charge in [-0.2, -0.15) is 0 Å². The Balaban J connectivity index is 2.05. The lowest BCUT2D eigenvalue weighted by Crippen LogP contribution is -2.43. The van der Waals surface area contributed by atoms with Gasteiger partial charge in [0.15, 0.2) is 0 Å². The first kappa shape index (κ1) is 14.0. The molecule has 1 aromatic rings. The van der Waals surface area contributed by atoms with Crippen molar-refractivity contribution in [1.29, 1.82) is 0 Å². The van der Waals surface area contributed by atoms with Gasteiger partial charge in [-0.15, -0.1) is 0 Å². The molecular formula is C11H14BrNO4S. The Bertz CT molecular complexity index is 508. The predicted molar refractivity (Wildman–Crippen MR) is 69.7 cm³/mol. The topological polar surface area (TPSA) is 75.6 Å². The molecule has 1 aliphatic rings. The fraction of sp³-hybridized carbons (Fsp3) is 0.455. The summed E-state index contributed by atoms with van der Waals surface area (Å²) in [6.45, 7) is 0.581. The number of sulfonamides is 1. The van der Waals surface area contributed by atoms with E-state index in [0.717, 1.165) is 4.47 Å². The van der Waals surface area contributed by atoms with E-state index in [1.54, 1.807) is 12.1 Å². The zero-order chi connectivity index (χ0) is 13.2. The van der Waals surface area contributed by atoms with Crippen LogP contribution in [0.1, 0.15) is 6.42 Å². The lowest BCUT2D eigenvalue weighted by Gasteiger charge is -2.20. The second-order valence-corrected chi connectivity index (χ2v) is 6.99. The predicted octanol–water partition coefficient (Wildman–Crippen LogP) is 0.879. The minimum Gasteiger partial charge on any atom is -0.386 e. The van der Waals surface area contributed by atoms with Gasteiger partial charge in [0, 0.05) is 24.0 Å². The molecule has 1 heterocycles. The molecule has 1 aliphatic heterocycles. The highest BCUT2D eigenvalue weighted by molar-refractivity contribution is 9.10. The summed E-state index contributed by atoms with van der Waals surface area (Å²) in [4.78, 5) is 0.174. The van der Waals surface area contributed by atoms with Gasteiger partial charge < -0.3 is 9.84 Å². The minimum atomic E-state index is -3.59. The highest BCUT2D eigenvalue weighted by atomic mass is 79.9. The smallest absolute Gasteiger partial charge is 0.240 e. The second-order valence-electron chi connectivity index (χ2n) is 4.31. The molecule has 0 saturated carbocycles. The number of hydrogen-bond acceptors (Lipinski definition) is 4. The Kier molecular flexibility index (Phi) is 4.08. The van der Waals surface area contributed by atoms with E-state index in [0.29, 0.717) is 13.0 Å². The van der Waals surface area contributed by atoms with Gasteiger partial charge in [-0.25, -0.2) is 13.1 Å². The van der Waals surface area contributed by atoms with Crippen LogP contribution in [0.3, 0.4) is 0 Å². The van der Waals surface area contributed by atoms with Crippen molar-refractivity contribution in [3.63, 3.8) is 0 Å². The van der Waals surface area contributed by atoms with Crippen molar-refractivity contribution in [3.05, 3.63) is 28.7 Å². The summed E-state index contributed by atoms with van der Waals surface area (Å²) in [5.74, 6) is 0. The largest absolute Gasteiger partial charge is 0.386 e. The van der Waals surface area contributed by atoms with E-state index in [1.807, 2.05) is 0 Å². The van der Waals surface area contributed by atoms with Crippen LogP contribution in [0.2, 0.25) is 0 Å². The highest BCUT2D eigenvalue weighted by Crippen LogP contribution is 2.19. The van der Waals surface area contributed by atoms with Crippen molar-refractivity contribution in [1.82, 2.24) is 4.72 Å². The number of ether oxygens (including phenoxy) is 1. The monoisotopic (exact) mass is 335 g/mol. The molecule has 7 heteroatoms. The fourth-order valence-corrected chi connectivity index (χ4v) is 3.05. The third-order valence-corrected chi connectivity index (χ3v) is 4.74. The molecule has 1 aromatic carbocycles. The molecule has 1 fully saturated rings. The van der Waals surface area contributed by atoms with E-state index < -0.39 is 15.6 Å². The van der Waals surface area contributed by atoms with Gasteiger partial charge in [0.25, 0.3) is 0 Å². The zero-order valence-electron chi connectivity index (χ0n) is 9.60. The van der Waals surface area contributed by atoms with E-state index in [-0.39, 0.29) is 18.0 Å². The quantitative estimate of drug-likeness (QED) is 0.856. The third-order valence-electron chi connectivity index (χ3n) is 2.80. The van der Waals surface area contributed by atoms with Gasteiger partial charge in [-0.3, -0.25) is 0 Å². The van der Waals surface area contributed by atoms with Gasteiger partial charge in [0.05, 0.1) is 11.5 Å². The molecule has 1 unspecified atom stereocenters. The number of halogens is 1. The average molecular weight is 336 g/mol. The molecular weight excluding hydrogens is 322 g/mol. The summed E-state index contributed by atoms with van der Waals surface area (Å²) < 4.78 is 32.2. The minimum absolute atomic E-state index is 0.0363. The van der Waals surface area contributed by atoms with Crippen LogP contribution < -0.4 is 4.72 Å². The molecule has 0 radical (unpaired) electrons. The maximum absolute atomic E-state index is 12.0. The standard InChI is InChI=1S/C11H14BrNO4S/c12-9-1-3-10(4-2-9)18(15,16)13-7-11(14)5-6-17-8-11/h1-4,13-14H,5-8H2. The first-order valence-corrected chi connectivity index (χ1v) is 7.74. The number of hydrogen-bond donors (Lipinski definition) is 2. The lowest BCUT2D eigenvalue weighted by atomic mass is 10.1. The Morgan fingerprint density at radius 3 is 2.61 bits per heavy atom. The van der Waals surface area contributed by atoms with Crippen molar-refractivity contribution in [2.45, 2.75) is 16.9 Å². The van der Waals surface area contributed by atoms with Crippen LogP contribution >= 0.6 is 15.9 Å². The first-order chi connectivity index (χ1) is 8.41. The van der Waals surface area contributed by atoms with Crippen LogP contribution in [-0.2, 0) is 14.8 Å². The summed E-state index contributed by atoms with van der Waals surface area (Å²) in [5, 5.41) is 9.99. The number of rotatable bonds is 4. The molecule has 0 bridgehead atoms. The number of nitrogens with one attached hydrogen (secondary N) is 1. The van der Waals surface area contributed by atoms with Crippen molar-refractivity contribution >= 4 is 26.0 Å². The van der Waals surface area contributed by atoms with Gasteiger partial charge in [-0.05, 0) is 24.3 Å². The molecule has 0 spiro atoms. The van der Waals surface area contributed by atoms with Crippen molar-refractivity contribution in [2.24, 2.45) is 0 Å². The third kappa shape index (κ3) is 3.30. The van der Waals surface area contributed by atoms with Crippen molar-refractivity contribution < 1.29 is 18.3 Å². The molecule has 100 valence electrons. The molecule has 0 aromatic heterocycles. The number of benzene rings is 1. The molecule has 5 nitrogen and oxygen atoms in total. The summed E-state index contributed by atoms with van der Waals surface area (Å²) in [7, 11) is -3.59. The molecule has 18 heavy (non-hydrogen) atoms. The molecule has 1 saturated heterocycles. The molecule has 1 atom stereocenters. The Labute approximate surface area is 114 Å². The van der Waals surface area contributed by atoms with Crippen molar-refractivity contribution in [3.8, 4) is 0 Å². The first-order valence-electron chi connectivity index (χ1n) is 5.47. The van der Waals surface area contributed by atoms with E-state index in [1.165, 1.54) is 12.1 Å². The van der Waals surface area contributed by atoms with Crippen LogP contribution in [0.25, 0.3) is 0 Å². The van der Waals surface area contributed by atoms with Gasteiger partial charge >= 0.3 is 0 Å². The summed E-state index contributed by atoms with van der Waals surface area (Å²) in [5.41, 5.74) is -1.09. The lowest BCUT2D eigenvalue weighted by molar-refractivity contribution is 0.0314. The molecule has 0 amide bonds. The molecule has 2 N–H and O–H groups in total. The fourth-order valence-electron chi connectivity index (χ4n) is 1.66.